The fourth-order valence-corrected chi connectivity index (χ4v) is 2.30. The number of carbonyl (C=O) groups excluding carboxylic acids is 1. The smallest absolute Gasteiger partial charge is 0.186 e. The molecular formula is C8H10N2OS. The Morgan fingerprint density at radius 1 is 1.75 bits per heavy atom. The highest BCUT2D eigenvalue weighted by Gasteiger charge is 2.39. The third kappa shape index (κ3) is 1.53. The summed E-state index contributed by atoms with van der Waals surface area (Å²) in [5.41, 5.74) is 0. The highest BCUT2D eigenvalue weighted by Crippen LogP contribution is 2.45. The molecule has 64 valence electrons. The molecule has 0 saturated heterocycles. The number of nitrogens with zero attached hydrogens (tertiary/aromatic N) is 2. The van der Waals surface area contributed by atoms with E-state index in [0.717, 1.165) is 6.42 Å². The van der Waals surface area contributed by atoms with Crippen molar-refractivity contribution in [3.05, 3.63) is 18.7 Å². The molecule has 1 fully saturated rings. The van der Waals surface area contributed by atoms with E-state index in [-0.39, 0.29) is 5.12 Å². The van der Waals surface area contributed by atoms with Gasteiger partial charge in [-0.1, -0.05) is 11.8 Å². The Bertz CT molecular complexity index is 283. The molecule has 2 unspecified atom stereocenters. The van der Waals surface area contributed by atoms with Crippen LogP contribution in [-0.4, -0.2) is 19.9 Å². The Morgan fingerprint density at radius 2 is 2.58 bits per heavy atom. The molecule has 0 spiro atoms. The Balaban J connectivity index is 1.92. The van der Waals surface area contributed by atoms with E-state index in [0.29, 0.717) is 11.3 Å². The van der Waals surface area contributed by atoms with Crippen molar-refractivity contribution < 1.29 is 4.79 Å². The molecule has 1 heterocycles. The monoisotopic (exact) mass is 182 g/mol. The molecule has 0 radical (unpaired) electrons. The van der Waals surface area contributed by atoms with Crippen LogP contribution in [0.3, 0.4) is 0 Å². The summed E-state index contributed by atoms with van der Waals surface area (Å²) in [4.78, 5) is 14.7. The standard InChI is InChI=1S/C8H10N2OS/c1-6(11)12-8-4-7(8)10-3-2-9-5-10/h2-3,5,7-8H,4H2,1H3. The van der Waals surface area contributed by atoms with Gasteiger partial charge in [-0.05, 0) is 6.42 Å². The van der Waals surface area contributed by atoms with Gasteiger partial charge < -0.3 is 4.57 Å². The SMILES string of the molecule is CC(=O)SC1CC1n1ccnc1. The topological polar surface area (TPSA) is 34.9 Å². The van der Waals surface area contributed by atoms with E-state index in [4.69, 9.17) is 0 Å². The lowest BCUT2D eigenvalue weighted by Crippen LogP contribution is -1.94. The summed E-state index contributed by atoms with van der Waals surface area (Å²) in [7, 11) is 0. The highest BCUT2D eigenvalue weighted by molar-refractivity contribution is 8.14. The van der Waals surface area contributed by atoms with E-state index in [1.165, 1.54) is 11.8 Å². The molecule has 0 bridgehead atoms. The fourth-order valence-electron chi connectivity index (χ4n) is 1.28. The molecule has 2 atom stereocenters. The minimum atomic E-state index is 0.211. The largest absolute Gasteiger partial charge is 0.333 e. The molecule has 0 aliphatic heterocycles. The van der Waals surface area contributed by atoms with E-state index in [9.17, 15) is 4.79 Å². The molecular weight excluding hydrogens is 172 g/mol. The number of carbonyl (C=O) groups is 1. The number of aromatic nitrogens is 2. The zero-order valence-corrected chi connectivity index (χ0v) is 7.62. The minimum Gasteiger partial charge on any atom is -0.333 e. The van der Waals surface area contributed by atoms with Gasteiger partial charge in [0, 0.05) is 30.6 Å². The van der Waals surface area contributed by atoms with Gasteiger partial charge in [-0.15, -0.1) is 0 Å². The predicted molar refractivity (Wildman–Crippen MR) is 47.9 cm³/mol. The first-order chi connectivity index (χ1) is 5.77. The summed E-state index contributed by atoms with van der Waals surface area (Å²) in [5.74, 6) is 0. The third-order valence-corrected chi connectivity index (χ3v) is 3.07. The van der Waals surface area contributed by atoms with Crippen LogP contribution in [0, 0.1) is 0 Å². The average Bonchev–Trinajstić information content (AvgIpc) is 2.59. The van der Waals surface area contributed by atoms with Crippen molar-refractivity contribution in [3.63, 3.8) is 0 Å². The molecule has 3 nitrogen and oxygen atoms in total. The van der Waals surface area contributed by atoms with Crippen LogP contribution in [0.15, 0.2) is 18.7 Å². The van der Waals surface area contributed by atoms with Gasteiger partial charge in [0.05, 0.1) is 6.33 Å². The predicted octanol–water partition coefficient (Wildman–Crippen LogP) is 1.48. The van der Waals surface area contributed by atoms with E-state index in [2.05, 4.69) is 9.55 Å². The summed E-state index contributed by atoms with van der Waals surface area (Å²) < 4.78 is 2.07. The maximum atomic E-state index is 10.7. The summed E-state index contributed by atoms with van der Waals surface area (Å²) in [6, 6.07) is 0.501. The first-order valence-corrected chi connectivity index (χ1v) is 4.80. The Labute approximate surface area is 75.2 Å². The number of rotatable bonds is 2. The summed E-state index contributed by atoms with van der Waals surface area (Å²) >= 11 is 1.44. The van der Waals surface area contributed by atoms with Crippen LogP contribution in [0.5, 0.6) is 0 Å². The molecule has 1 aliphatic rings. The molecule has 0 amide bonds. The number of thioether (sulfide) groups is 1. The molecule has 2 rings (SSSR count). The normalized spacial score (nSPS) is 27.1. The van der Waals surface area contributed by atoms with Gasteiger partial charge in [-0.25, -0.2) is 4.98 Å². The van der Waals surface area contributed by atoms with Gasteiger partial charge in [0.1, 0.15) is 0 Å². The molecule has 1 aromatic rings. The van der Waals surface area contributed by atoms with E-state index >= 15 is 0 Å². The van der Waals surface area contributed by atoms with Gasteiger partial charge in [0.25, 0.3) is 0 Å². The molecule has 4 heteroatoms. The van der Waals surface area contributed by atoms with Gasteiger partial charge in [0.15, 0.2) is 5.12 Å². The fraction of sp³-hybridized carbons (Fsp3) is 0.500. The highest BCUT2D eigenvalue weighted by atomic mass is 32.2. The van der Waals surface area contributed by atoms with Crippen molar-refractivity contribution in [1.82, 2.24) is 9.55 Å². The van der Waals surface area contributed by atoms with E-state index in [1.807, 2.05) is 12.5 Å². The zero-order chi connectivity index (χ0) is 8.55. The van der Waals surface area contributed by atoms with Crippen molar-refractivity contribution in [3.8, 4) is 0 Å². The molecule has 0 aromatic carbocycles. The van der Waals surface area contributed by atoms with Crippen molar-refractivity contribution in [2.24, 2.45) is 0 Å². The van der Waals surface area contributed by atoms with E-state index in [1.54, 1.807) is 13.1 Å². The summed E-state index contributed by atoms with van der Waals surface area (Å²) in [5, 5.41) is 0.694. The molecule has 1 saturated carbocycles. The lowest BCUT2D eigenvalue weighted by Gasteiger charge is -1.97. The number of hydrogen-bond donors (Lipinski definition) is 0. The Kier molecular flexibility index (Phi) is 1.92. The van der Waals surface area contributed by atoms with Crippen molar-refractivity contribution in [2.75, 3.05) is 0 Å². The van der Waals surface area contributed by atoms with Gasteiger partial charge >= 0.3 is 0 Å². The molecule has 1 aromatic heterocycles. The number of hydrogen-bond acceptors (Lipinski definition) is 3. The molecule has 1 aliphatic carbocycles. The maximum Gasteiger partial charge on any atom is 0.186 e. The molecule has 0 N–H and O–H groups in total. The van der Waals surface area contributed by atoms with Crippen LogP contribution in [0.2, 0.25) is 0 Å². The second kappa shape index (κ2) is 2.94. The number of imidazole rings is 1. The van der Waals surface area contributed by atoms with Crippen LogP contribution in [0.25, 0.3) is 0 Å². The zero-order valence-electron chi connectivity index (χ0n) is 6.80. The molecule has 12 heavy (non-hydrogen) atoms. The van der Waals surface area contributed by atoms with Crippen molar-refractivity contribution in [2.45, 2.75) is 24.6 Å². The first kappa shape index (κ1) is 7.86. The van der Waals surface area contributed by atoms with Crippen molar-refractivity contribution in [1.29, 1.82) is 0 Å². The quantitative estimate of drug-likeness (QED) is 0.694. The first-order valence-electron chi connectivity index (χ1n) is 3.92. The lowest BCUT2D eigenvalue weighted by molar-refractivity contribution is -0.109. The maximum absolute atomic E-state index is 10.7. The van der Waals surface area contributed by atoms with Crippen molar-refractivity contribution >= 4 is 16.9 Å². The minimum absolute atomic E-state index is 0.211. The van der Waals surface area contributed by atoms with Crippen LogP contribution in [0.1, 0.15) is 19.4 Å². The van der Waals surface area contributed by atoms with E-state index < -0.39 is 0 Å². The van der Waals surface area contributed by atoms with Gasteiger partial charge in [-0.2, -0.15) is 0 Å². The second-order valence-electron chi connectivity index (χ2n) is 2.96. The van der Waals surface area contributed by atoms with Gasteiger partial charge in [0.2, 0.25) is 0 Å². The lowest BCUT2D eigenvalue weighted by atomic mass is 10.7. The summed E-state index contributed by atoms with van der Waals surface area (Å²) in [6.07, 6.45) is 6.63. The van der Waals surface area contributed by atoms with Gasteiger partial charge in [-0.3, -0.25) is 4.79 Å². The van der Waals surface area contributed by atoms with Crippen LogP contribution < -0.4 is 0 Å². The Morgan fingerprint density at radius 3 is 3.17 bits per heavy atom. The summed E-state index contributed by atoms with van der Waals surface area (Å²) in [6.45, 7) is 1.62. The Hall–Kier alpha value is -0.770. The second-order valence-corrected chi connectivity index (χ2v) is 4.38. The average molecular weight is 182 g/mol. The van der Waals surface area contributed by atoms with Crippen LogP contribution in [0.4, 0.5) is 0 Å². The third-order valence-electron chi connectivity index (χ3n) is 1.92. The van der Waals surface area contributed by atoms with Crippen LogP contribution in [-0.2, 0) is 4.79 Å². The van der Waals surface area contributed by atoms with Crippen LogP contribution >= 0.6 is 11.8 Å².